The van der Waals surface area contributed by atoms with Gasteiger partial charge < -0.3 is 9.73 Å². The lowest BCUT2D eigenvalue weighted by Crippen LogP contribution is -2.23. The number of fused-ring (bicyclic) bond motifs is 1. The van der Waals surface area contributed by atoms with Crippen LogP contribution in [0.2, 0.25) is 0 Å². The zero-order chi connectivity index (χ0) is 14.7. The zero-order valence-electron chi connectivity index (χ0n) is 11.8. The van der Waals surface area contributed by atoms with Gasteiger partial charge in [-0.1, -0.05) is 19.1 Å². The smallest absolute Gasteiger partial charge is 0.174 e. The van der Waals surface area contributed by atoms with Gasteiger partial charge in [0.15, 0.2) is 4.67 Å². The molecule has 2 heterocycles. The molecule has 3 rings (SSSR count). The van der Waals surface area contributed by atoms with E-state index in [1.807, 2.05) is 18.3 Å². The summed E-state index contributed by atoms with van der Waals surface area (Å²) in [7, 11) is 0. The van der Waals surface area contributed by atoms with Crippen LogP contribution in [0, 0.1) is 0 Å². The van der Waals surface area contributed by atoms with Gasteiger partial charge in [0.05, 0.1) is 17.8 Å². The summed E-state index contributed by atoms with van der Waals surface area (Å²) in [4.78, 5) is 4.38. The SMILES string of the molecule is CCCNC(c1ccc2ncccc2c1)c1ccoc1Br. The highest BCUT2D eigenvalue weighted by molar-refractivity contribution is 9.10. The number of nitrogens with one attached hydrogen (secondary N) is 1. The minimum absolute atomic E-state index is 0.114. The fraction of sp³-hybridized carbons (Fsp3) is 0.235. The lowest BCUT2D eigenvalue weighted by molar-refractivity contribution is 0.523. The van der Waals surface area contributed by atoms with Crippen molar-refractivity contribution in [2.75, 3.05) is 6.54 Å². The number of furan rings is 1. The summed E-state index contributed by atoms with van der Waals surface area (Å²) >= 11 is 3.49. The van der Waals surface area contributed by atoms with E-state index in [-0.39, 0.29) is 6.04 Å². The van der Waals surface area contributed by atoms with Gasteiger partial charge >= 0.3 is 0 Å². The number of rotatable bonds is 5. The van der Waals surface area contributed by atoms with E-state index in [9.17, 15) is 0 Å². The highest BCUT2D eigenvalue weighted by Gasteiger charge is 2.18. The van der Waals surface area contributed by atoms with E-state index in [1.165, 1.54) is 5.56 Å². The molecule has 1 aromatic carbocycles. The fourth-order valence-electron chi connectivity index (χ4n) is 2.48. The second-order valence-electron chi connectivity index (χ2n) is 4.99. The zero-order valence-corrected chi connectivity index (χ0v) is 13.4. The van der Waals surface area contributed by atoms with Crippen molar-refractivity contribution in [2.45, 2.75) is 19.4 Å². The van der Waals surface area contributed by atoms with Crippen molar-refractivity contribution in [1.82, 2.24) is 10.3 Å². The largest absolute Gasteiger partial charge is 0.457 e. The Hall–Kier alpha value is -1.65. The first-order chi connectivity index (χ1) is 10.3. The maximum atomic E-state index is 5.40. The van der Waals surface area contributed by atoms with Gasteiger partial charge in [-0.25, -0.2) is 0 Å². The molecule has 2 aromatic heterocycles. The van der Waals surface area contributed by atoms with Crippen LogP contribution in [0.25, 0.3) is 10.9 Å². The Morgan fingerprint density at radius 3 is 2.95 bits per heavy atom. The number of hydrogen-bond donors (Lipinski definition) is 1. The molecule has 0 bridgehead atoms. The van der Waals surface area contributed by atoms with Crippen LogP contribution in [-0.4, -0.2) is 11.5 Å². The lowest BCUT2D eigenvalue weighted by atomic mass is 9.99. The summed E-state index contributed by atoms with van der Waals surface area (Å²) in [5.41, 5.74) is 3.35. The molecule has 0 saturated carbocycles. The van der Waals surface area contributed by atoms with Crippen molar-refractivity contribution < 1.29 is 4.42 Å². The third-order valence-corrected chi connectivity index (χ3v) is 4.16. The maximum Gasteiger partial charge on any atom is 0.174 e. The number of aromatic nitrogens is 1. The van der Waals surface area contributed by atoms with Gasteiger partial charge in [-0.15, -0.1) is 0 Å². The average molecular weight is 345 g/mol. The first-order valence-electron chi connectivity index (χ1n) is 7.10. The number of hydrogen-bond acceptors (Lipinski definition) is 3. The number of nitrogens with zero attached hydrogens (tertiary/aromatic N) is 1. The Labute approximate surface area is 132 Å². The first-order valence-corrected chi connectivity index (χ1v) is 7.90. The van der Waals surface area contributed by atoms with E-state index in [1.54, 1.807) is 6.26 Å². The average Bonchev–Trinajstić information content (AvgIpc) is 2.94. The molecule has 0 radical (unpaired) electrons. The maximum absolute atomic E-state index is 5.40. The summed E-state index contributed by atoms with van der Waals surface area (Å²) in [5.74, 6) is 0. The van der Waals surface area contributed by atoms with Gasteiger partial charge in [-0.3, -0.25) is 4.98 Å². The van der Waals surface area contributed by atoms with E-state index >= 15 is 0 Å². The summed E-state index contributed by atoms with van der Waals surface area (Å²) in [6, 6.07) is 12.6. The first kappa shape index (κ1) is 14.3. The van der Waals surface area contributed by atoms with Gasteiger partial charge in [-0.2, -0.15) is 0 Å². The van der Waals surface area contributed by atoms with E-state index in [0.717, 1.165) is 34.1 Å². The van der Waals surface area contributed by atoms with Crippen molar-refractivity contribution in [3.8, 4) is 0 Å². The molecular formula is C17H17BrN2O. The molecule has 0 spiro atoms. The molecule has 0 aliphatic rings. The molecule has 1 atom stereocenters. The Morgan fingerprint density at radius 1 is 1.29 bits per heavy atom. The van der Waals surface area contributed by atoms with Crippen molar-refractivity contribution in [2.24, 2.45) is 0 Å². The molecule has 21 heavy (non-hydrogen) atoms. The number of halogens is 1. The Kier molecular flexibility index (Phi) is 4.36. The summed E-state index contributed by atoms with van der Waals surface area (Å²) in [6.45, 7) is 3.12. The second-order valence-corrected chi connectivity index (χ2v) is 5.71. The predicted octanol–water partition coefficient (Wildman–Crippen LogP) is 4.68. The van der Waals surface area contributed by atoms with Crippen LogP contribution >= 0.6 is 15.9 Å². The normalized spacial score (nSPS) is 12.7. The van der Waals surface area contributed by atoms with Crippen molar-refractivity contribution >= 4 is 26.8 Å². The van der Waals surface area contributed by atoms with Crippen molar-refractivity contribution in [1.29, 1.82) is 0 Å². The standard InChI is InChI=1S/C17H17BrN2O/c1-2-8-20-16(14-7-10-21-17(14)18)13-5-6-15-12(11-13)4-3-9-19-15/h3-7,9-11,16,20H,2,8H2,1H3. The van der Waals surface area contributed by atoms with Crippen molar-refractivity contribution in [3.63, 3.8) is 0 Å². The summed E-state index contributed by atoms with van der Waals surface area (Å²) in [5, 5.41) is 4.73. The van der Waals surface area contributed by atoms with Crippen LogP contribution in [0.15, 0.2) is 57.9 Å². The molecule has 0 amide bonds. The minimum Gasteiger partial charge on any atom is -0.457 e. The van der Waals surface area contributed by atoms with E-state index in [0.29, 0.717) is 0 Å². The molecule has 1 N–H and O–H groups in total. The molecule has 1 unspecified atom stereocenters. The van der Waals surface area contributed by atoms with Crippen LogP contribution in [0.4, 0.5) is 0 Å². The van der Waals surface area contributed by atoms with Crippen molar-refractivity contribution in [3.05, 3.63) is 64.7 Å². The molecular weight excluding hydrogens is 328 g/mol. The topological polar surface area (TPSA) is 38.1 Å². The van der Waals surface area contributed by atoms with E-state index in [2.05, 4.69) is 57.4 Å². The monoisotopic (exact) mass is 344 g/mol. The van der Waals surface area contributed by atoms with Gasteiger partial charge in [0.1, 0.15) is 0 Å². The highest BCUT2D eigenvalue weighted by atomic mass is 79.9. The Balaban J connectivity index is 2.03. The summed E-state index contributed by atoms with van der Waals surface area (Å²) in [6.07, 6.45) is 4.62. The molecule has 0 aliphatic carbocycles. The molecule has 3 nitrogen and oxygen atoms in total. The number of benzene rings is 1. The van der Waals surface area contributed by atoms with Crippen LogP contribution in [0.5, 0.6) is 0 Å². The highest BCUT2D eigenvalue weighted by Crippen LogP contribution is 2.30. The summed E-state index contributed by atoms with van der Waals surface area (Å²) < 4.78 is 6.18. The predicted molar refractivity (Wildman–Crippen MR) is 88.3 cm³/mol. The quantitative estimate of drug-likeness (QED) is 0.730. The van der Waals surface area contributed by atoms with Gasteiger partial charge in [0.2, 0.25) is 0 Å². The third-order valence-electron chi connectivity index (χ3n) is 3.52. The van der Waals surface area contributed by atoms with Crippen LogP contribution in [-0.2, 0) is 0 Å². The van der Waals surface area contributed by atoms with Gasteiger partial charge in [-0.05, 0) is 58.7 Å². The van der Waals surface area contributed by atoms with Gasteiger partial charge in [0.25, 0.3) is 0 Å². The van der Waals surface area contributed by atoms with Crippen LogP contribution in [0.3, 0.4) is 0 Å². The molecule has 3 aromatic rings. The molecule has 0 fully saturated rings. The third kappa shape index (κ3) is 3.01. The fourth-order valence-corrected chi connectivity index (χ4v) is 2.95. The molecule has 0 saturated heterocycles. The second kappa shape index (κ2) is 6.41. The Bertz CT molecular complexity index is 738. The van der Waals surface area contributed by atoms with Crippen LogP contribution in [0.1, 0.15) is 30.5 Å². The lowest BCUT2D eigenvalue weighted by Gasteiger charge is -2.18. The molecule has 0 aliphatic heterocycles. The molecule has 4 heteroatoms. The van der Waals surface area contributed by atoms with Crippen LogP contribution < -0.4 is 5.32 Å². The van der Waals surface area contributed by atoms with Gasteiger partial charge in [0, 0.05) is 17.1 Å². The Morgan fingerprint density at radius 2 is 2.19 bits per heavy atom. The van der Waals surface area contributed by atoms with E-state index in [4.69, 9.17) is 4.42 Å². The number of pyridine rings is 1. The minimum atomic E-state index is 0.114. The molecule has 108 valence electrons. The van der Waals surface area contributed by atoms with E-state index < -0.39 is 0 Å².